The zero-order valence-electron chi connectivity index (χ0n) is 16.6. The number of para-hydroxylation sites is 2. The average Bonchev–Trinajstić information content (AvgIpc) is 3.21. The molecule has 1 aliphatic heterocycles. The second kappa shape index (κ2) is 10.9. The predicted molar refractivity (Wildman–Crippen MR) is 124 cm³/mol. The Hall–Kier alpha value is -1.22. The van der Waals surface area contributed by atoms with Gasteiger partial charge >= 0.3 is 0 Å². The normalized spacial score (nSPS) is 18.7. The fourth-order valence-electron chi connectivity index (χ4n) is 4.09. The largest absolute Gasteiger partial charge is 0.506 e. The summed E-state index contributed by atoms with van der Waals surface area (Å²) in [5.41, 5.74) is 0.924. The molecule has 152 valence electrons. The number of aliphatic imine (C=N–C) groups is 1. The fourth-order valence-corrected chi connectivity index (χ4v) is 4.09. The molecule has 1 aliphatic carbocycles. The summed E-state index contributed by atoms with van der Waals surface area (Å²) in [5, 5.41) is 13.6. The maximum absolute atomic E-state index is 10.0. The molecule has 1 aromatic rings. The van der Waals surface area contributed by atoms with E-state index in [-0.39, 0.29) is 24.0 Å². The molecule has 1 saturated carbocycles. The first-order chi connectivity index (χ1) is 12.7. The lowest BCUT2D eigenvalue weighted by Crippen LogP contribution is -2.53. The van der Waals surface area contributed by atoms with Crippen molar-refractivity contribution >= 4 is 35.6 Å². The topological polar surface area (TPSA) is 54.3 Å². The molecule has 6 nitrogen and oxygen atoms in total. The number of phenolic OH excluding ortho intramolecular Hbond substituents is 1. The SMILES string of the molecule is CN=C(NCCN(C)C1CCCC1)N1CCN(c2ccccc2O)CC1.I. The Morgan fingerprint density at radius 1 is 1.19 bits per heavy atom. The predicted octanol–water partition coefficient (Wildman–Crippen LogP) is 2.58. The van der Waals surface area contributed by atoms with E-state index in [1.54, 1.807) is 6.07 Å². The first-order valence-electron chi connectivity index (χ1n) is 9.88. The Kier molecular flexibility index (Phi) is 8.95. The lowest BCUT2D eigenvalue weighted by Gasteiger charge is -2.38. The first-order valence-corrected chi connectivity index (χ1v) is 9.88. The van der Waals surface area contributed by atoms with Gasteiger partial charge in [-0.3, -0.25) is 4.99 Å². The number of nitrogens with zero attached hydrogens (tertiary/aromatic N) is 4. The van der Waals surface area contributed by atoms with Crippen molar-refractivity contribution in [2.24, 2.45) is 4.99 Å². The molecule has 0 aromatic heterocycles. The molecule has 27 heavy (non-hydrogen) atoms. The van der Waals surface area contributed by atoms with Crippen molar-refractivity contribution in [2.75, 3.05) is 58.3 Å². The molecule has 0 radical (unpaired) electrons. The van der Waals surface area contributed by atoms with Gasteiger partial charge in [0.05, 0.1) is 5.69 Å². The van der Waals surface area contributed by atoms with Crippen LogP contribution in [-0.4, -0.2) is 80.3 Å². The van der Waals surface area contributed by atoms with E-state index in [1.165, 1.54) is 25.7 Å². The number of aromatic hydroxyl groups is 1. The summed E-state index contributed by atoms with van der Waals surface area (Å²) >= 11 is 0. The van der Waals surface area contributed by atoms with Crippen LogP contribution in [0, 0.1) is 0 Å². The Bertz CT molecular complexity index is 598. The van der Waals surface area contributed by atoms with Gasteiger partial charge in [-0.15, -0.1) is 24.0 Å². The molecule has 3 rings (SSSR count). The molecular weight excluding hydrogens is 453 g/mol. The highest BCUT2D eigenvalue weighted by Crippen LogP contribution is 2.27. The van der Waals surface area contributed by atoms with E-state index < -0.39 is 0 Å². The van der Waals surface area contributed by atoms with Crippen LogP contribution >= 0.6 is 24.0 Å². The number of guanidine groups is 1. The van der Waals surface area contributed by atoms with Crippen molar-refractivity contribution in [3.8, 4) is 5.75 Å². The Morgan fingerprint density at radius 2 is 1.85 bits per heavy atom. The van der Waals surface area contributed by atoms with Crippen LogP contribution in [0.15, 0.2) is 29.3 Å². The number of benzene rings is 1. The number of hydrogen-bond donors (Lipinski definition) is 2. The quantitative estimate of drug-likeness (QED) is 0.380. The lowest BCUT2D eigenvalue weighted by atomic mass is 10.2. The summed E-state index contributed by atoms with van der Waals surface area (Å²) in [5.74, 6) is 1.35. The first kappa shape index (κ1) is 22.1. The van der Waals surface area contributed by atoms with Crippen molar-refractivity contribution in [2.45, 2.75) is 31.7 Å². The second-order valence-electron chi connectivity index (χ2n) is 7.36. The highest BCUT2D eigenvalue weighted by Gasteiger charge is 2.22. The molecule has 0 amide bonds. The summed E-state index contributed by atoms with van der Waals surface area (Å²) in [6.45, 7) is 5.58. The third-order valence-corrected chi connectivity index (χ3v) is 5.71. The van der Waals surface area contributed by atoms with Crippen LogP contribution in [0.3, 0.4) is 0 Å². The standard InChI is InChI=1S/C20H33N5O.HI/c1-21-20(22-11-12-23(2)17-7-3-4-8-17)25-15-13-24(14-16-25)18-9-5-6-10-19(18)26;/h5-6,9-10,17,26H,3-4,7-8,11-16H2,1-2H3,(H,21,22);1H. The van der Waals surface area contributed by atoms with Crippen molar-refractivity contribution in [1.82, 2.24) is 15.1 Å². The van der Waals surface area contributed by atoms with Gasteiger partial charge < -0.3 is 25.1 Å². The Labute approximate surface area is 180 Å². The minimum atomic E-state index is 0. The van der Waals surface area contributed by atoms with Gasteiger partial charge in [0.2, 0.25) is 0 Å². The maximum atomic E-state index is 10.0. The molecule has 1 aromatic carbocycles. The van der Waals surface area contributed by atoms with Gasteiger partial charge in [0, 0.05) is 52.4 Å². The van der Waals surface area contributed by atoms with E-state index in [0.717, 1.165) is 57.0 Å². The monoisotopic (exact) mass is 487 g/mol. The van der Waals surface area contributed by atoms with Gasteiger partial charge in [0.1, 0.15) is 5.75 Å². The molecule has 2 aliphatic rings. The zero-order chi connectivity index (χ0) is 18.4. The average molecular weight is 487 g/mol. The number of phenols is 1. The lowest BCUT2D eigenvalue weighted by molar-refractivity contribution is 0.248. The molecule has 7 heteroatoms. The number of halogens is 1. The fraction of sp³-hybridized carbons (Fsp3) is 0.650. The van der Waals surface area contributed by atoms with Gasteiger partial charge in [0.15, 0.2) is 5.96 Å². The van der Waals surface area contributed by atoms with E-state index in [4.69, 9.17) is 0 Å². The van der Waals surface area contributed by atoms with Crippen molar-refractivity contribution < 1.29 is 5.11 Å². The van der Waals surface area contributed by atoms with Crippen molar-refractivity contribution in [3.63, 3.8) is 0 Å². The van der Waals surface area contributed by atoms with Crippen LogP contribution in [0.25, 0.3) is 0 Å². The van der Waals surface area contributed by atoms with Crippen LogP contribution in [-0.2, 0) is 0 Å². The maximum Gasteiger partial charge on any atom is 0.193 e. The molecule has 2 N–H and O–H groups in total. The van der Waals surface area contributed by atoms with E-state index in [0.29, 0.717) is 5.75 Å². The smallest absolute Gasteiger partial charge is 0.193 e. The van der Waals surface area contributed by atoms with Gasteiger partial charge in [-0.25, -0.2) is 0 Å². The molecule has 2 fully saturated rings. The van der Waals surface area contributed by atoms with E-state index in [1.807, 2.05) is 25.2 Å². The van der Waals surface area contributed by atoms with Crippen LogP contribution in [0.2, 0.25) is 0 Å². The van der Waals surface area contributed by atoms with E-state index in [9.17, 15) is 5.11 Å². The molecule has 1 heterocycles. The highest BCUT2D eigenvalue weighted by molar-refractivity contribution is 14.0. The molecule has 1 saturated heterocycles. The number of anilines is 1. The minimum absolute atomic E-state index is 0. The number of piperazine rings is 1. The van der Waals surface area contributed by atoms with Crippen LogP contribution < -0.4 is 10.2 Å². The summed E-state index contributed by atoms with van der Waals surface area (Å²) in [6.07, 6.45) is 5.45. The third-order valence-electron chi connectivity index (χ3n) is 5.71. The van der Waals surface area contributed by atoms with Crippen LogP contribution in [0.4, 0.5) is 5.69 Å². The second-order valence-corrected chi connectivity index (χ2v) is 7.36. The minimum Gasteiger partial charge on any atom is -0.506 e. The third kappa shape index (κ3) is 5.88. The number of rotatable bonds is 5. The van der Waals surface area contributed by atoms with Crippen molar-refractivity contribution in [1.29, 1.82) is 0 Å². The molecule has 0 bridgehead atoms. The summed E-state index contributed by atoms with van der Waals surface area (Å²) in [6, 6.07) is 8.34. The molecular formula is C20H34IN5O. The van der Waals surface area contributed by atoms with E-state index in [2.05, 4.69) is 32.1 Å². The van der Waals surface area contributed by atoms with Crippen LogP contribution in [0.5, 0.6) is 5.75 Å². The number of nitrogens with one attached hydrogen (secondary N) is 1. The summed E-state index contributed by atoms with van der Waals surface area (Å²) < 4.78 is 0. The summed E-state index contributed by atoms with van der Waals surface area (Å²) in [4.78, 5) is 11.5. The summed E-state index contributed by atoms with van der Waals surface area (Å²) in [7, 11) is 4.10. The van der Waals surface area contributed by atoms with Gasteiger partial charge in [-0.05, 0) is 32.0 Å². The van der Waals surface area contributed by atoms with Crippen molar-refractivity contribution in [3.05, 3.63) is 24.3 Å². The van der Waals surface area contributed by atoms with E-state index >= 15 is 0 Å². The Balaban J connectivity index is 0.00000261. The molecule has 0 atom stereocenters. The highest BCUT2D eigenvalue weighted by atomic mass is 127. The Morgan fingerprint density at radius 3 is 2.48 bits per heavy atom. The number of likely N-dealkylation sites (N-methyl/N-ethyl adjacent to an activating group) is 1. The van der Waals surface area contributed by atoms with Gasteiger partial charge in [-0.1, -0.05) is 25.0 Å². The van der Waals surface area contributed by atoms with Crippen LogP contribution in [0.1, 0.15) is 25.7 Å². The number of hydrogen-bond acceptors (Lipinski definition) is 4. The van der Waals surface area contributed by atoms with Gasteiger partial charge in [-0.2, -0.15) is 0 Å². The zero-order valence-corrected chi connectivity index (χ0v) is 18.9. The molecule has 0 spiro atoms. The molecule has 0 unspecified atom stereocenters. The van der Waals surface area contributed by atoms with Gasteiger partial charge in [0.25, 0.3) is 0 Å².